The summed E-state index contributed by atoms with van der Waals surface area (Å²) in [5.74, 6) is -0.646. The van der Waals surface area contributed by atoms with E-state index in [9.17, 15) is 9.59 Å². The first-order valence-corrected chi connectivity index (χ1v) is 9.03. The first kappa shape index (κ1) is 19.1. The molecule has 0 aliphatic carbocycles. The minimum absolute atomic E-state index is 0.121. The largest absolute Gasteiger partial charge is 0.481 e. The minimum Gasteiger partial charge on any atom is -0.481 e. The van der Waals surface area contributed by atoms with Crippen LogP contribution in [0.4, 0.5) is 5.13 Å². The number of aliphatic carboxylic acids is 1. The van der Waals surface area contributed by atoms with Gasteiger partial charge < -0.3 is 10.4 Å². The molecular formula is C19H24N2O3S. The Morgan fingerprint density at radius 2 is 1.80 bits per heavy atom. The molecule has 0 aliphatic heterocycles. The topological polar surface area (TPSA) is 79.3 Å². The van der Waals surface area contributed by atoms with Crippen LogP contribution < -0.4 is 5.32 Å². The lowest BCUT2D eigenvalue weighted by atomic mass is 9.96. The van der Waals surface area contributed by atoms with E-state index in [-0.39, 0.29) is 12.3 Å². The summed E-state index contributed by atoms with van der Waals surface area (Å²) in [4.78, 5) is 28.5. The molecule has 0 spiro atoms. The number of nitrogens with zero attached hydrogens (tertiary/aromatic N) is 1. The molecule has 0 unspecified atom stereocenters. The van der Waals surface area contributed by atoms with Crippen molar-refractivity contribution in [2.24, 2.45) is 5.41 Å². The van der Waals surface area contributed by atoms with E-state index in [1.165, 1.54) is 16.9 Å². The number of carbonyl (C=O) groups is 2. The van der Waals surface area contributed by atoms with Gasteiger partial charge in [0.25, 0.3) is 0 Å². The average molecular weight is 360 g/mol. The Kier molecular flexibility index (Phi) is 5.62. The van der Waals surface area contributed by atoms with Crippen LogP contribution in [-0.2, 0) is 16.0 Å². The highest BCUT2D eigenvalue weighted by Crippen LogP contribution is 2.33. The molecule has 0 atom stereocenters. The number of benzene rings is 1. The molecule has 0 radical (unpaired) electrons. The summed E-state index contributed by atoms with van der Waals surface area (Å²) in [6, 6.07) is 7.95. The smallest absolute Gasteiger partial charge is 0.308 e. The van der Waals surface area contributed by atoms with Crippen LogP contribution in [0.25, 0.3) is 11.3 Å². The lowest BCUT2D eigenvalue weighted by Crippen LogP contribution is -2.27. The van der Waals surface area contributed by atoms with E-state index in [0.29, 0.717) is 21.6 Å². The van der Waals surface area contributed by atoms with E-state index in [0.717, 1.165) is 5.56 Å². The number of carboxylic acids is 1. The van der Waals surface area contributed by atoms with Gasteiger partial charge in [0.05, 0.1) is 12.1 Å². The van der Waals surface area contributed by atoms with Crippen molar-refractivity contribution in [2.75, 3.05) is 5.32 Å². The fraction of sp³-hybridized carbons (Fsp3) is 0.421. The number of hydrogen-bond donors (Lipinski definition) is 2. The van der Waals surface area contributed by atoms with E-state index in [1.54, 1.807) is 0 Å². The third-order valence-electron chi connectivity index (χ3n) is 3.76. The number of carbonyl (C=O) groups excluding carboxylic acids is 1. The van der Waals surface area contributed by atoms with Crippen LogP contribution in [0.2, 0.25) is 0 Å². The number of aromatic nitrogens is 1. The lowest BCUT2D eigenvalue weighted by molar-refractivity contribution is -0.136. The van der Waals surface area contributed by atoms with Crippen molar-refractivity contribution < 1.29 is 14.7 Å². The maximum atomic E-state index is 12.2. The molecule has 134 valence electrons. The van der Waals surface area contributed by atoms with E-state index in [1.807, 2.05) is 45.0 Å². The second kappa shape index (κ2) is 7.35. The number of carboxylic acid groups (broad SMARTS) is 1. The van der Waals surface area contributed by atoms with Crippen molar-refractivity contribution in [1.29, 1.82) is 0 Å². The van der Waals surface area contributed by atoms with Gasteiger partial charge >= 0.3 is 5.97 Å². The fourth-order valence-corrected chi connectivity index (χ4v) is 3.17. The summed E-state index contributed by atoms with van der Waals surface area (Å²) in [6.45, 7) is 9.70. The van der Waals surface area contributed by atoms with Crippen molar-refractivity contribution in [2.45, 2.75) is 47.0 Å². The van der Waals surface area contributed by atoms with Crippen molar-refractivity contribution in [3.63, 3.8) is 0 Å². The van der Waals surface area contributed by atoms with Crippen molar-refractivity contribution >= 4 is 28.3 Å². The van der Waals surface area contributed by atoms with Crippen LogP contribution in [0.5, 0.6) is 0 Å². The summed E-state index contributed by atoms with van der Waals surface area (Å²) in [5, 5.41) is 12.4. The van der Waals surface area contributed by atoms with Gasteiger partial charge in [-0.15, -0.1) is 11.3 Å². The van der Waals surface area contributed by atoms with Gasteiger partial charge in [0.15, 0.2) is 5.13 Å². The van der Waals surface area contributed by atoms with Crippen molar-refractivity contribution in [3.05, 3.63) is 34.7 Å². The zero-order chi connectivity index (χ0) is 18.8. The summed E-state index contributed by atoms with van der Waals surface area (Å²) < 4.78 is 0. The maximum Gasteiger partial charge on any atom is 0.308 e. The van der Waals surface area contributed by atoms with Crippen LogP contribution in [0.3, 0.4) is 0 Å². The molecule has 5 nitrogen and oxygen atoms in total. The highest BCUT2D eigenvalue weighted by atomic mass is 32.1. The normalized spacial score (nSPS) is 11.6. The third-order valence-corrected chi connectivity index (χ3v) is 4.73. The Bertz CT molecular complexity index is 771. The number of rotatable bonds is 5. The lowest BCUT2D eigenvalue weighted by Gasteiger charge is -2.15. The molecule has 0 fully saturated rings. The first-order valence-electron chi connectivity index (χ1n) is 8.21. The van der Waals surface area contributed by atoms with E-state index in [4.69, 9.17) is 5.11 Å². The second-order valence-corrected chi connectivity index (χ2v) is 8.43. The SMILES string of the molecule is CC(C)c1ccc(-c2nc(NC(=O)C(C)(C)C)sc2CC(=O)O)cc1. The minimum atomic E-state index is -0.919. The molecule has 1 aromatic carbocycles. The summed E-state index contributed by atoms with van der Waals surface area (Å²) in [7, 11) is 0. The predicted molar refractivity (Wildman–Crippen MR) is 101 cm³/mol. The van der Waals surface area contributed by atoms with Crippen molar-refractivity contribution in [3.8, 4) is 11.3 Å². The summed E-state index contributed by atoms with van der Waals surface area (Å²) in [6.07, 6.45) is -0.121. The quantitative estimate of drug-likeness (QED) is 0.820. The van der Waals surface area contributed by atoms with Crippen LogP contribution >= 0.6 is 11.3 Å². The van der Waals surface area contributed by atoms with Gasteiger partial charge in [-0.2, -0.15) is 0 Å². The Labute approximate surface area is 152 Å². The highest BCUT2D eigenvalue weighted by molar-refractivity contribution is 7.16. The van der Waals surface area contributed by atoms with Crippen LogP contribution in [-0.4, -0.2) is 22.0 Å². The Balaban J connectivity index is 2.38. The zero-order valence-corrected chi connectivity index (χ0v) is 16.0. The average Bonchev–Trinajstić information content (AvgIpc) is 2.88. The number of anilines is 1. The molecule has 1 aromatic heterocycles. The molecule has 0 saturated heterocycles. The number of amides is 1. The molecule has 2 aromatic rings. The summed E-state index contributed by atoms with van der Waals surface area (Å²) >= 11 is 1.21. The van der Waals surface area contributed by atoms with Crippen molar-refractivity contribution in [1.82, 2.24) is 4.98 Å². The molecular weight excluding hydrogens is 336 g/mol. The predicted octanol–water partition coefficient (Wildman–Crippen LogP) is 4.55. The fourth-order valence-electron chi connectivity index (χ4n) is 2.20. The zero-order valence-electron chi connectivity index (χ0n) is 15.2. The molecule has 0 aliphatic rings. The van der Waals surface area contributed by atoms with Gasteiger partial charge in [-0.05, 0) is 11.5 Å². The van der Waals surface area contributed by atoms with Gasteiger partial charge in [-0.1, -0.05) is 58.9 Å². The molecule has 2 rings (SSSR count). The maximum absolute atomic E-state index is 12.2. The van der Waals surface area contributed by atoms with E-state index in [2.05, 4.69) is 24.1 Å². The molecule has 6 heteroatoms. The molecule has 1 heterocycles. The molecule has 2 N–H and O–H groups in total. The molecule has 0 saturated carbocycles. The molecule has 25 heavy (non-hydrogen) atoms. The van der Waals surface area contributed by atoms with Gasteiger partial charge in [-0.25, -0.2) is 4.98 Å². The van der Waals surface area contributed by atoms with Gasteiger partial charge in [0.1, 0.15) is 0 Å². The Morgan fingerprint density at radius 1 is 1.20 bits per heavy atom. The number of hydrogen-bond acceptors (Lipinski definition) is 4. The Hall–Kier alpha value is -2.21. The van der Waals surface area contributed by atoms with E-state index >= 15 is 0 Å². The van der Waals surface area contributed by atoms with Gasteiger partial charge in [0.2, 0.25) is 5.91 Å². The summed E-state index contributed by atoms with van der Waals surface area (Å²) in [5.41, 5.74) is 2.14. The van der Waals surface area contributed by atoms with Crippen LogP contribution in [0.1, 0.15) is 51.0 Å². The van der Waals surface area contributed by atoms with E-state index < -0.39 is 11.4 Å². The third kappa shape index (κ3) is 4.89. The molecule has 1 amide bonds. The monoisotopic (exact) mass is 360 g/mol. The second-order valence-electron chi connectivity index (χ2n) is 7.34. The Morgan fingerprint density at radius 3 is 2.28 bits per heavy atom. The van der Waals surface area contributed by atoms with Gasteiger partial charge in [0, 0.05) is 15.9 Å². The number of thiazole rings is 1. The van der Waals surface area contributed by atoms with Gasteiger partial charge in [-0.3, -0.25) is 9.59 Å². The van der Waals surface area contributed by atoms with Crippen LogP contribution in [0.15, 0.2) is 24.3 Å². The van der Waals surface area contributed by atoms with Crippen LogP contribution in [0, 0.1) is 5.41 Å². The standard InChI is InChI=1S/C19H24N2O3S/c1-11(2)12-6-8-13(9-7-12)16-14(10-15(22)23)25-18(20-16)21-17(24)19(3,4)5/h6-9,11H,10H2,1-5H3,(H,22,23)(H,20,21,24). The first-order chi connectivity index (χ1) is 11.6. The highest BCUT2D eigenvalue weighted by Gasteiger charge is 2.24. The number of nitrogens with one attached hydrogen (secondary N) is 1. The molecule has 0 bridgehead atoms.